The summed E-state index contributed by atoms with van der Waals surface area (Å²) in [5, 5.41) is 14.4. The van der Waals surface area contributed by atoms with Crippen molar-refractivity contribution in [2.24, 2.45) is 0 Å². The molecule has 1 aromatic rings. The summed E-state index contributed by atoms with van der Waals surface area (Å²) in [5.41, 5.74) is 0. The van der Waals surface area contributed by atoms with Gasteiger partial charge in [-0.2, -0.15) is 0 Å². The minimum atomic E-state index is 0.127. The van der Waals surface area contributed by atoms with Gasteiger partial charge in [0.25, 0.3) is 0 Å². The predicted octanol–water partition coefficient (Wildman–Crippen LogP) is -0.194. The fraction of sp³-hybridized carbons (Fsp3) is 0.833. The molecular formula is C12H20N6O. The Morgan fingerprint density at radius 2 is 2.26 bits per heavy atom. The predicted molar refractivity (Wildman–Crippen MR) is 68.2 cm³/mol. The first-order valence-corrected chi connectivity index (χ1v) is 7.06. The third-order valence-corrected chi connectivity index (χ3v) is 3.83. The van der Waals surface area contributed by atoms with Gasteiger partial charge in [0.15, 0.2) is 0 Å². The fourth-order valence-corrected chi connectivity index (χ4v) is 2.64. The van der Waals surface area contributed by atoms with Crippen LogP contribution in [0.25, 0.3) is 0 Å². The second-order valence-electron chi connectivity index (χ2n) is 5.43. The number of nitrogens with one attached hydrogen (secondary N) is 1. The number of aromatic nitrogens is 4. The van der Waals surface area contributed by atoms with Gasteiger partial charge in [-0.15, -0.1) is 5.10 Å². The molecule has 1 aliphatic carbocycles. The Labute approximate surface area is 112 Å². The molecule has 1 aromatic heterocycles. The van der Waals surface area contributed by atoms with E-state index < -0.39 is 0 Å². The van der Waals surface area contributed by atoms with Gasteiger partial charge in [0, 0.05) is 18.6 Å². The van der Waals surface area contributed by atoms with Crippen LogP contribution in [0.4, 0.5) is 0 Å². The first-order chi connectivity index (χ1) is 9.33. The third-order valence-electron chi connectivity index (χ3n) is 3.83. The van der Waals surface area contributed by atoms with Crippen molar-refractivity contribution < 1.29 is 4.79 Å². The van der Waals surface area contributed by atoms with Crippen LogP contribution in [0.5, 0.6) is 0 Å². The Balaban J connectivity index is 1.58. The van der Waals surface area contributed by atoms with E-state index in [2.05, 4.69) is 20.8 Å². The van der Waals surface area contributed by atoms with Gasteiger partial charge in [-0.25, -0.2) is 4.68 Å². The highest BCUT2D eigenvalue weighted by Crippen LogP contribution is 2.28. The molecule has 1 saturated carbocycles. The van der Waals surface area contributed by atoms with Crippen molar-refractivity contribution in [3.05, 3.63) is 6.33 Å². The molecule has 3 rings (SSSR count). The molecule has 0 bridgehead atoms. The van der Waals surface area contributed by atoms with Crippen LogP contribution in [0.1, 0.15) is 32.1 Å². The molecule has 2 fully saturated rings. The van der Waals surface area contributed by atoms with Crippen molar-refractivity contribution in [1.29, 1.82) is 0 Å². The number of hydrogen-bond acceptors (Lipinski definition) is 5. The minimum Gasteiger partial charge on any atom is -0.337 e. The Morgan fingerprint density at radius 1 is 1.37 bits per heavy atom. The summed E-state index contributed by atoms with van der Waals surface area (Å²) >= 11 is 0. The van der Waals surface area contributed by atoms with Crippen LogP contribution in [-0.4, -0.2) is 56.2 Å². The number of carbonyl (C=O) groups is 1. The van der Waals surface area contributed by atoms with E-state index in [1.165, 1.54) is 30.3 Å². The molecule has 1 saturated heterocycles. The largest absolute Gasteiger partial charge is 0.337 e. The zero-order valence-corrected chi connectivity index (χ0v) is 11.0. The Bertz CT molecular complexity index is 410. The van der Waals surface area contributed by atoms with Crippen LogP contribution in [0, 0.1) is 0 Å². The normalized spacial score (nSPS) is 23.3. The van der Waals surface area contributed by atoms with Crippen molar-refractivity contribution in [3.8, 4) is 0 Å². The van der Waals surface area contributed by atoms with E-state index in [-0.39, 0.29) is 12.5 Å². The molecule has 0 radical (unpaired) electrons. The standard InChI is InChI=1S/C12H20N6O/c19-12(8-17-9-14-15-16-17)18(11-4-5-11)7-10-3-1-2-6-13-10/h9-11,13H,1-8H2. The van der Waals surface area contributed by atoms with Crippen LogP contribution in [0.2, 0.25) is 0 Å². The first-order valence-electron chi connectivity index (χ1n) is 7.06. The zero-order valence-electron chi connectivity index (χ0n) is 11.0. The minimum absolute atomic E-state index is 0.127. The second kappa shape index (κ2) is 5.64. The molecule has 1 unspecified atom stereocenters. The van der Waals surface area contributed by atoms with Crippen LogP contribution >= 0.6 is 0 Å². The number of nitrogens with zero attached hydrogens (tertiary/aromatic N) is 5. The van der Waals surface area contributed by atoms with Gasteiger partial charge in [-0.05, 0) is 42.7 Å². The molecular weight excluding hydrogens is 244 g/mol. The summed E-state index contributed by atoms with van der Waals surface area (Å²) in [6, 6.07) is 0.889. The summed E-state index contributed by atoms with van der Waals surface area (Å²) in [4.78, 5) is 14.4. The summed E-state index contributed by atoms with van der Waals surface area (Å²) in [7, 11) is 0. The number of hydrogen-bond donors (Lipinski definition) is 1. The van der Waals surface area contributed by atoms with Crippen molar-refractivity contribution in [2.45, 2.75) is 50.7 Å². The lowest BCUT2D eigenvalue weighted by Gasteiger charge is -2.30. The summed E-state index contributed by atoms with van der Waals surface area (Å²) in [5.74, 6) is 0.127. The van der Waals surface area contributed by atoms with Crippen molar-refractivity contribution >= 4 is 5.91 Å². The Morgan fingerprint density at radius 3 is 2.89 bits per heavy atom. The van der Waals surface area contributed by atoms with Gasteiger partial charge in [-0.1, -0.05) is 6.42 Å². The highest BCUT2D eigenvalue weighted by Gasteiger charge is 2.34. The second-order valence-corrected chi connectivity index (χ2v) is 5.43. The van der Waals surface area contributed by atoms with Crippen LogP contribution in [0.15, 0.2) is 6.33 Å². The molecule has 1 aliphatic heterocycles. The Hall–Kier alpha value is -1.50. The number of tetrazole rings is 1. The topological polar surface area (TPSA) is 75.9 Å². The quantitative estimate of drug-likeness (QED) is 0.797. The maximum Gasteiger partial charge on any atom is 0.244 e. The van der Waals surface area contributed by atoms with Gasteiger partial charge in [0.1, 0.15) is 12.9 Å². The van der Waals surface area contributed by atoms with E-state index in [1.807, 2.05) is 4.90 Å². The van der Waals surface area contributed by atoms with Gasteiger partial charge in [0.2, 0.25) is 5.91 Å². The number of piperidine rings is 1. The summed E-state index contributed by atoms with van der Waals surface area (Å²) in [6.45, 7) is 2.15. The van der Waals surface area contributed by atoms with Crippen LogP contribution < -0.4 is 5.32 Å². The van der Waals surface area contributed by atoms with Crippen LogP contribution in [-0.2, 0) is 11.3 Å². The lowest BCUT2D eigenvalue weighted by molar-refractivity contribution is -0.133. The lowest BCUT2D eigenvalue weighted by Crippen LogP contribution is -2.47. The molecule has 104 valence electrons. The maximum atomic E-state index is 12.3. The van der Waals surface area contributed by atoms with Crippen molar-refractivity contribution in [3.63, 3.8) is 0 Å². The van der Waals surface area contributed by atoms with E-state index in [9.17, 15) is 4.79 Å². The first kappa shape index (κ1) is 12.5. The zero-order chi connectivity index (χ0) is 13.1. The molecule has 1 amide bonds. The molecule has 19 heavy (non-hydrogen) atoms. The number of rotatable bonds is 5. The molecule has 0 aromatic carbocycles. The van der Waals surface area contributed by atoms with Crippen molar-refractivity contribution in [1.82, 2.24) is 30.4 Å². The van der Waals surface area contributed by atoms with Gasteiger partial charge < -0.3 is 10.2 Å². The van der Waals surface area contributed by atoms with Crippen LogP contribution in [0.3, 0.4) is 0 Å². The Kier molecular flexibility index (Phi) is 3.72. The molecule has 7 nitrogen and oxygen atoms in total. The van der Waals surface area contributed by atoms with E-state index in [0.29, 0.717) is 12.1 Å². The molecule has 1 atom stereocenters. The number of amides is 1. The van der Waals surface area contributed by atoms with Gasteiger partial charge >= 0.3 is 0 Å². The summed E-state index contributed by atoms with van der Waals surface area (Å²) < 4.78 is 1.49. The average Bonchev–Trinajstić information content (AvgIpc) is 3.15. The molecule has 2 heterocycles. The smallest absolute Gasteiger partial charge is 0.244 e. The molecule has 2 aliphatic rings. The fourth-order valence-electron chi connectivity index (χ4n) is 2.64. The highest BCUT2D eigenvalue weighted by molar-refractivity contribution is 5.76. The third kappa shape index (κ3) is 3.28. The molecule has 1 N–H and O–H groups in total. The van der Waals surface area contributed by atoms with E-state index in [1.54, 1.807) is 0 Å². The number of carbonyl (C=O) groups excluding carboxylic acids is 1. The molecule has 0 spiro atoms. The van der Waals surface area contributed by atoms with Gasteiger partial charge in [-0.3, -0.25) is 4.79 Å². The van der Waals surface area contributed by atoms with E-state index in [4.69, 9.17) is 0 Å². The average molecular weight is 264 g/mol. The van der Waals surface area contributed by atoms with E-state index in [0.717, 1.165) is 25.9 Å². The highest BCUT2D eigenvalue weighted by atomic mass is 16.2. The molecule has 7 heteroatoms. The monoisotopic (exact) mass is 264 g/mol. The SMILES string of the molecule is O=C(Cn1cnnn1)N(CC1CCCCN1)C1CC1. The summed E-state index contributed by atoms with van der Waals surface area (Å²) in [6.07, 6.45) is 7.43. The van der Waals surface area contributed by atoms with Crippen molar-refractivity contribution in [2.75, 3.05) is 13.1 Å². The van der Waals surface area contributed by atoms with E-state index >= 15 is 0 Å². The lowest BCUT2D eigenvalue weighted by atomic mass is 10.0. The van der Waals surface area contributed by atoms with Gasteiger partial charge in [0.05, 0.1) is 0 Å². The maximum absolute atomic E-state index is 12.3.